The summed E-state index contributed by atoms with van der Waals surface area (Å²) in [6.45, 7) is 12.7. The summed E-state index contributed by atoms with van der Waals surface area (Å²) in [4.78, 5) is 16.1. The van der Waals surface area contributed by atoms with Crippen molar-refractivity contribution in [2.75, 3.05) is 19.3 Å². The van der Waals surface area contributed by atoms with Crippen LogP contribution in [-0.4, -0.2) is 30.4 Å². The van der Waals surface area contributed by atoms with Crippen molar-refractivity contribution >= 4 is 22.2 Å². The molecule has 1 unspecified atom stereocenters. The van der Waals surface area contributed by atoms with Crippen LogP contribution in [0, 0.1) is 6.92 Å². The molecule has 1 aromatic carbocycles. The number of anilines is 1. The highest BCUT2D eigenvalue weighted by atomic mass is 32.1. The van der Waals surface area contributed by atoms with Crippen LogP contribution in [0.1, 0.15) is 58.1 Å². The summed E-state index contributed by atoms with van der Waals surface area (Å²) < 4.78 is 0. The van der Waals surface area contributed by atoms with Crippen LogP contribution in [0.15, 0.2) is 36.4 Å². The number of aryl methyl sites for hydroxylation is 1. The van der Waals surface area contributed by atoms with Crippen molar-refractivity contribution in [3.63, 3.8) is 0 Å². The molecule has 1 aromatic heterocycles. The van der Waals surface area contributed by atoms with Crippen molar-refractivity contribution in [2.45, 2.75) is 52.1 Å². The van der Waals surface area contributed by atoms with Gasteiger partial charge in [-0.1, -0.05) is 42.0 Å². The zero-order valence-corrected chi connectivity index (χ0v) is 18.2. The second-order valence-corrected chi connectivity index (χ2v) is 9.07. The lowest BCUT2D eigenvalue weighted by molar-refractivity contribution is 0.0963. The Kier molecular flexibility index (Phi) is 6.26. The normalized spacial score (nSPS) is 16.5. The van der Waals surface area contributed by atoms with E-state index in [1.165, 1.54) is 21.6 Å². The molecule has 0 spiro atoms. The van der Waals surface area contributed by atoms with E-state index in [-0.39, 0.29) is 11.8 Å². The van der Waals surface area contributed by atoms with Crippen molar-refractivity contribution in [2.24, 2.45) is 0 Å². The highest BCUT2D eigenvalue weighted by molar-refractivity contribution is 7.16. The first-order valence-corrected chi connectivity index (χ1v) is 10.7. The number of nitrogens with two attached hydrogens (primary N) is 1. The summed E-state index contributed by atoms with van der Waals surface area (Å²) in [6, 6.07) is 9.16. The first-order valence-electron chi connectivity index (χ1n) is 9.92. The summed E-state index contributed by atoms with van der Waals surface area (Å²) in [5.74, 6) is 0.143. The first-order chi connectivity index (χ1) is 13.3. The smallest absolute Gasteiger partial charge is 0.254 e. The number of nitrogens with one attached hydrogen (secondary N) is 1. The van der Waals surface area contributed by atoms with Crippen LogP contribution < -0.4 is 11.1 Å². The zero-order chi connectivity index (χ0) is 20.4. The van der Waals surface area contributed by atoms with Gasteiger partial charge in [-0.2, -0.15) is 0 Å². The summed E-state index contributed by atoms with van der Waals surface area (Å²) in [7, 11) is 1.66. The number of fused-ring (bicyclic) bond motifs is 1. The third kappa shape index (κ3) is 4.15. The van der Waals surface area contributed by atoms with E-state index >= 15 is 0 Å². The Hall–Kier alpha value is -2.11. The first kappa shape index (κ1) is 20.6. The number of hydrogen-bond acceptors (Lipinski definition) is 4. The van der Waals surface area contributed by atoms with E-state index in [1.807, 2.05) is 0 Å². The van der Waals surface area contributed by atoms with Crippen molar-refractivity contribution in [3.05, 3.63) is 63.5 Å². The van der Waals surface area contributed by atoms with E-state index in [9.17, 15) is 4.79 Å². The molecule has 1 aliphatic rings. The molecule has 1 amide bonds. The third-order valence-electron chi connectivity index (χ3n) is 5.68. The van der Waals surface area contributed by atoms with Crippen molar-refractivity contribution < 1.29 is 4.79 Å². The summed E-state index contributed by atoms with van der Waals surface area (Å²) >= 11 is 1.56. The predicted molar refractivity (Wildman–Crippen MR) is 119 cm³/mol. The van der Waals surface area contributed by atoms with Crippen molar-refractivity contribution in [1.82, 2.24) is 10.2 Å². The molecular formula is C23H31N3OS. The van der Waals surface area contributed by atoms with Gasteiger partial charge in [-0.15, -0.1) is 11.3 Å². The van der Waals surface area contributed by atoms with Gasteiger partial charge in [0.1, 0.15) is 0 Å². The Balaban J connectivity index is 1.88. The van der Waals surface area contributed by atoms with E-state index in [1.54, 1.807) is 18.4 Å². The number of rotatable bonds is 6. The van der Waals surface area contributed by atoms with E-state index in [2.05, 4.69) is 61.8 Å². The minimum Gasteiger partial charge on any atom is -0.390 e. The van der Waals surface area contributed by atoms with Gasteiger partial charge < -0.3 is 11.1 Å². The zero-order valence-electron chi connectivity index (χ0n) is 17.3. The quantitative estimate of drug-likeness (QED) is 0.706. The van der Waals surface area contributed by atoms with Crippen molar-refractivity contribution in [3.8, 4) is 0 Å². The molecule has 5 heteroatoms. The highest BCUT2D eigenvalue weighted by Crippen LogP contribution is 2.44. The lowest BCUT2D eigenvalue weighted by Gasteiger charge is -2.34. The van der Waals surface area contributed by atoms with Crippen molar-refractivity contribution in [1.29, 1.82) is 0 Å². The summed E-state index contributed by atoms with van der Waals surface area (Å²) in [5.41, 5.74) is 11.9. The highest BCUT2D eigenvalue weighted by Gasteiger charge is 2.32. The average Bonchev–Trinajstić information content (AvgIpc) is 3.00. The van der Waals surface area contributed by atoms with E-state index in [0.29, 0.717) is 16.6 Å². The predicted octanol–water partition coefficient (Wildman–Crippen LogP) is 4.49. The van der Waals surface area contributed by atoms with Gasteiger partial charge in [0.15, 0.2) is 0 Å². The molecule has 4 nitrogen and oxygen atoms in total. The number of nitrogens with zero attached hydrogens (tertiary/aromatic N) is 1. The Bertz CT molecular complexity index is 867. The standard InChI is InChI=1S/C23H31N3OS/c1-14(2)26(12-17-9-6-15(3)7-10-17)13-19-16(4)8-11-18-20(23(27)25-5)22(24)28-21(18)19/h6-7,9-10,14,19H,4,8,11-13,24H2,1-3,5H3,(H,25,27). The fourth-order valence-electron chi connectivity index (χ4n) is 3.88. The maximum atomic E-state index is 12.3. The van der Waals surface area contributed by atoms with Gasteiger partial charge in [0.2, 0.25) is 0 Å². The molecule has 0 saturated carbocycles. The molecule has 0 fully saturated rings. The maximum absolute atomic E-state index is 12.3. The van der Waals surface area contributed by atoms with Gasteiger partial charge in [0, 0.05) is 37.0 Å². The molecule has 3 rings (SSSR count). The van der Waals surface area contributed by atoms with Gasteiger partial charge in [0.25, 0.3) is 5.91 Å². The van der Waals surface area contributed by atoms with E-state index < -0.39 is 0 Å². The second-order valence-electron chi connectivity index (χ2n) is 7.98. The summed E-state index contributed by atoms with van der Waals surface area (Å²) in [6.07, 6.45) is 1.76. The van der Waals surface area contributed by atoms with E-state index in [4.69, 9.17) is 5.73 Å². The molecule has 3 N–H and O–H groups in total. The number of thiophene rings is 1. The third-order valence-corrected chi connectivity index (χ3v) is 6.85. The Morgan fingerprint density at radius 2 is 2.00 bits per heavy atom. The molecule has 0 radical (unpaired) electrons. The lowest BCUT2D eigenvalue weighted by atomic mass is 9.83. The van der Waals surface area contributed by atoms with E-state index in [0.717, 1.165) is 31.5 Å². The SMILES string of the molecule is C=C1CCc2c(sc(N)c2C(=O)NC)C1CN(Cc1ccc(C)cc1)C(C)C. The van der Waals surface area contributed by atoms with Crippen LogP contribution in [0.3, 0.4) is 0 Å². The Labute approximate surface area is 172 Å². The number of hydrogen-bond donors (Lipinski definition) is 2. The fourth-order valence-corrected chi connectivity index (χ4v) is 5.15. The monoisotopic (exact) mass is 397 g/mol. The molecule has 0 saturated heterocycles. The van der Waals surface area contributed by atoms with Gasteiger partial charge in [0.05, 0.1) is 10.6 Å². The topological polar surface area (TPSA) is 58.4 Å². The van der Waals surface area contributed by atoms with Crippen LogP contribution >= 0.6 is 11.3 Å². The van der Waals surface area contributed by atoms with Crippen LogP contribution in [0.25, 0.3) is 0 Å². The molecule has 0 aliphatic heterocycles. The van der Waals surface area contributed by atoms with Crippen LogP contribution in [0.4, 0.5) is 5.00 Å². The Morgan fingerprint density at radius 1 is 1.32 bits per heavy atom. The minimum atomic E-state index is -0.0818. The van der Waals surface area contributed by atoms with Crippen LogP contribution in [0.2, 0.25) is 0 Å². The second kappa shape index (κ2) is 8.50. The van der Waals surface area contributed by atoms with Gasteiger partial charge >= 0.3 is 0 Å². The molecule has 2 aromatic rings. The maximum Gasteiger partial charge on any atom is 0.254 e. The average molecular weight is 398 g/mol. The summed E-state index contributed by atoms with van der Waals surface area (Å²) in [5, 5.41) is 3.36. The molecule has 1 aliphatic carbocycles. The molecule has 28 heavy (non-hydrogen) atoms. The number of carbonyl (C=O) groups is 1. The lowest BCUT2D eigenvalue weighted by Crippen LogP contribution is -2.35. The molecule has 150 valence electrons. The van der Waals surface area contributed by atoms with Gasteiger partial charge in [-0.3, -0.25) is 9.69 Å². The van der Waals surface area contributed by atoms with Crippen LogP contribution in [-0.2, 0) is 13.0 Å². The minimum absolute atomic E-state index is 0.0818. The number of amides is 1. The number of carbonyl (C=O) groups excluding carboxylic acids is 1. The Morgan fingerprint density at radius 3 is 2.61 bits per heavy atom. The van der Waals surface area contributed by atoms with Crippen LogP contribution in [0.5, 0.6) is 0 Å². The molecule has 0 bridgehead atoms. The van der Waals surface area contributed by atoms with Gasteiger partial charge in [-0.25, -0.2) is 0 Å². The molecular weight excluding hydrogens is 366 g/mol. The molecule has 1 heterocycles. The van der Waals surface area contributed by atoms with Gasteiger partial charge in [-0.05, 0) is 44.7 Å². The molecule has 1 atom stereocenters. The number of benzene rings is 1. The number of nitrogen functional groups attached to an aromatic ring is 1. The largest absolute Gasteiger partial charge is 0.390 e. The fraction of sp³-hybridized carbons (Fsp3) is 0.435.